The lowest BCUT2D eigenvalue weighted by atomic mass is 10.1. The summed E-state index contributed by atoms with van der Waals surface area (Å²) in [5, 5.41) is 0.465. The van der Waals surface area contributed by atoms with Crippen LogP contribution in [0.4, 0.5) is 13.2 Å². The molecule has 2 aromatic rings. The number of rotatable bonds is 1. The van der Waals surface area contributed by atoms with Crippen molar-refractivity contribution >= 4 is 10.9 Å². The molecule has 2 N–H and O–H groups in total. The monoisotopic (exact) mass is 226 g/mol. The molecule has 0 fully saturated rings. The molecule has 2 nitrogen and oxygen atoms in total. The molecule has 0 unspecified atom stereocenters. The number of alkyl halides is 3. The summed E-state index contributed by atoms with van der Waals surface area (Å²) in [4.78, 5) is 4.12. The van der Waals surface area contributed by atoms with Gasteiger partial charge in [0.15, 0.2) is 0 Å². The van der Waals surface area contributed by atoms with Crippen molar-refractivity contribution in [1.82, 2.24) is 4.98 Å². The highest BCUT2D eigenvalue weighted by Gasteiger charge is 2.30. The Kier molecular flexibility index (Phi) is 2.55. The summed E-state index contributed by atoms with van der Waals surface area (Å²) in [6, 6.07) is 6.69. The van der Waals surface area contributed by atoms with E-state index in [1.807, 2.05) is 0 Å². The molecule has 0 amide bonds. The fourth-order valence-corrected chi connectivity index (χ4v) is 1.46. The van der Waals surface area contributed by atoms with Gasteiger partial charge < -0.3 is 5.73 Å². The van der Waals surface area contributed by atoms with Gasteiger partial charge in [0.25, 0.3) is 0 Å². The molecule has 0 aliphatic heterocycles. The third-order valence-corrected chi connectivity index (χ3v) is 2.28. The van der Waals surface area contributed by atoms with E-state index in [2.05, 4.69) is 4.98 Å². The largest absolute Gasteiger partial charge is 0.416 e. The first-order chi connectivity index (χ1) is 7.50. The van der Waals surface area contributed by atoms with Gasteiger partial charge in [0, 0.05) is 11.9 Å². The van der Waals surface area contributed by atoms with Crippen LogP contribution in [0.25, 0.3) is 10.9 Å². The second-order valence-electron chi connectivity index (χ2n) is 3.41. The Morgan fingerprint density at radius 1 is 1.12 bits per heavy atom. The quantitative estimate of drug-likeness (QED) is 0.811. The minimum atomic E-state index is -4.32. The average molecular weight is 226 g/mol. The second-order valence-corrected chi connectivity index (χ2v) is 3.41. The molecule has 1 aromatic carbocycles. The van der Waals surface area contributed by atoms with Crippen molar-refractivity contribution in [2.45, 2.75) is 12.7 Å². The first-order valence-corrected chi connectivity index (χ1v) is 4.67. The van der Waals surface area contributed by atoms with Crippen LogP contribution in [-0.4, -0.2) is 4.98 Å². The Morgan fingerprint density at radius 2 is 1.88 bits per heavy atom. The lowest BCUT2D eigenvalue weighted by Gasteiger charge is -2.07. The zero-order valence-electron chi connectivity index (χ0n) is 8.25. The molecule has 0 radical (unpaired) electrons. The molecular weight excluding hydrogens is 217 g/mol. The van der Waals surface area contributed by atoms with E-state index in [-0.39, 0.29) is 6.54 Å². The van der Waals surface area contributed by atoms with Crippen molar-refractivity contribution in [2.24, 2.45) is 5.73 Å². The number of aromatic nitrogens is 1. The minimum Gasteiger partial charge on any atom is -0.325 e. The molecule has 0 spiro atoms. The van der Waals surface area contributed by atoms with Crippen LogP contribution in [0, 0.1) is 0 Å². The minimum absolute atomic E-state index is 0.275. The van der Waals surface area contributed by atoms with E-state index in [0.717, 1.165) is 12.1 Å². The van der Waals surface area contributed by atoms with Crippen molar-refractivity contribution in [2.75, 3.05) is 0 Å². The molecule has 1 aromatic heterocycles. The highest BCUT2D eigenvalue weighted by atomic mass is 19.4. The highest BCUT2D eigenvalue weighted by Crippen LogP contribution is 2.30. The van der Waals surface area contributed by atoms with Crippen LogP contribution in [0.2, 0.25) is 0 Å². The maximum absolute atomic E-state index is 12.4. The summed E-state index contributed by atoms with van der Waals surface area (Å²) in [6.07, 6.45) is -4.32. The standard InChI is InChI=1S/C11H9F3N2/c12-11(13,14)8-2-4-10-7(5-8)1-3-9(6-15)16-10/h1-5H,6,15H2. The predicted molar refractivity (Wildman–Crippen MR) is 54.6 cm³/mol. The molecule has 0 aliphatic carbocycles. The predicted octanol–water partition coefficient (Wildman–Crippen LogP) is 2.71. The first-order valence-electron chi connectivity index (χ1n) is 4.67. The molecule has 0 bridgehead atoms. The van der Waals surface area contributed by atoms with Gasteiger partial charge in [-0.15, -0.1) is 0 Å². The maximum atomic E-state index is 12.4. The van der Waals surface area contributed by atoms with Crippen LogP contribution in [0.1, 0.15) is 11.3 Å². The summed E-state index contributed by atoms with van der Waals surface area (Å²) in [5.74, 6) is 0. The fraction of sp³-hybridized carbons (Fsp3) is 0.182. The number of nitrogens with zero attached hydrogens (tertiary/aromatic N) is 1. The van der Waals surface area contributed by atoms with Gasteiger partial charge in [0.2, 0.25) is 0 Å². The summed E-state index contributed by atoms with van der Waals surface area (Å²) in [7, 11) is 0. The zero-order valence-corrected chi connectivity index (χ0v) is 8.25. The molecule has 2 rings (SSSR count). The number of hydrogen-bond donors (Lipinski definition) is 1. The van der Waals surface area contributed by atoms with Gasteiger partial charge in [-0.25, -0.2) is 0 Å². The molecule has 5 heteroatoms. The van der Waals surface area contributed by atoms with Crippen LogP contribution < -0.4 is 5.73 Å². The summed E-state index contributed by atoms with van der Waals surface area (Å²) in [6.45, 7) is 0.275. The molecule has 0 atom stereocenters. The van der Waals surface area contributed by atoms with E-state index < -0.39 is 11.7 Å². The summed E-state index contributed by atoms with van der Waals surface area (Å²) >= 11 is 0. The first kappa shape index (κ1) is 10.9. The normalized spacial score (nSPS) is 12.0. The van der Waals surface area contributed by atoms with E-state index in [1.54, 1.807) is 12.1 Å². The molecular formula is C11H9F3N2. The lowest BCUT2D eigenvalue weighted by Crippen LogP contribution is -2.05. The van der Waals surface area contributed by atoms with Crippen LogP contribution >= 0.6 is 0 Å². The average Bonchev–Trinajstić information content (AvgIpc) is 2.26. The van der Waals surface area contributed by atoms with E-state index in [1.165, 1.54) is 6.07 Å². The third-order valence-electron chi connectivity index (χ3n) is 2.28. The number of benzene rings is 1. The van der Waals surface area contributed by atoms with Crippen LogP contribution in [0.5, 0.6) is 0 Å². The molecule has 0 saturated carbocycles. The van der Waals surface area contributed by atoms with Crippen LogP contribution in [0.3, 0.4) is 0 Å². The Bertz CT molecular complexity index is 520. The van der Waals surface area contributed by atoms with Crippen LogP contribution in [0.15, 0.2) is 30.3 Å². The van der Waals surface area contributed by atoms with Gasteiger partial charge >= 0.3 is 6.18 Å². The Balaban J connectivity index is 2.56. The van der Waals surface area contributed by atoms with Crippen molar-refractivity contribution in [3.8, 4) is 0 Å². The number of fused-ring (bicyclic) bond motifs is 1. The summed E-state index contributed by atoms with van der Waals surface area (Å²) < 4.78 is 37.3. The number of nitrogens with two attached hydrogens (primary N) is 1. The van der Waals surface area contributed by atoms with E-state index in [0.29, 0.717) is 16.6 Å². The van der Waals surface area contributed by atoms with E-state index >= 15 is 0 Å². The Labute approximate surface area is 89.9 Å². The lowest BCUT2D eigenvalue weighted by molar-refractivity contribution is -0.137. The van der Waals surface area contributed by atoms with E-state index in [4.69, 9.17) is 5.73 Å². The smallest absolute Gasteiger partial charge is 0.325 e. The third kappa shape index (κ3) is 1.99. The SMILES string of the molecule is NCc1ccc2cc(C(F)(F)F)ccc2n1. The summed E-state index contributed by atoms with van der Waals surface area (Å²) in [5.41, 5.74) is 5.92. The van der Waals surface area contributed by atoms with Gasteiger partial charge in [0.1, 0.15) is 0 Å². The Morgan fingerprint density at radius 3 is 2.50 bits per heavy atom. The molecule has 84 valence electrons. The van der Waals surface area contributed by atoms with Crippen molar-refractivity contribution in [1.29, 1.82) is 0 Å². The highest BCUT2D eigenvalue weighted by molar-refractivity contribution is 5.79. The zero-order chi connectivity index (χ0) is 11.8. The molecule has 0 saturated heterocycles. The Hall–Kier alpha value is -1.62. The van der Waals surface area contributed by atoms with Crippen molar-refractivity contribution in [3.05, 3.63) is 41.6 Å². The maximum Gasteiger partial charge on any atom is 0.416 e. The van der Waals surface area contributed by atoms with Crippen molar-refractivity contribution in [3.63, 3.8) is 0 Å². The van der Waals surface area contributed by atoms with Gasteiger partial charge in [0.05, 0.1) is 16.8 Å². The molecule has 0 aliphatic rings. The second kappa shape index (κ2) is 3.75. The number of hydrogen-bond acceptors (Lipinski definition) is 2. The topological polar surface area (TPSA) is 38.9 Å². The fourth-order valence-electron chi connectivity index (χ4n) is 1.46. The van der Waals surface area contributed by atoms with Crippen LogP contribution in [-0.2, 0) is 12.7 Å². The van der Waals surface area contributed by atoms with E-state index in [9.17, 15) is 13.2 Å². The van der Waals surface area contributed by atoms with Crippen molar-refractivity contribution < 1.29 is 13.2 Å². The number of pyridine rings is 1. The van der Waals surface area contributed by atoms with Gasteiger partial charge in [-0.1, -0.05) is 6.07 Å². The van der Waals surface area contributed by atoms with Gasteiger partial charge in [-0.3, -0.25) is 4.98 Å². The number of halogens is 3. The molecule has 1 heterocycles. The van der Waals surface area contributed by atoms with Gasteiger partial charge in [-0.2, -0.15) is 13.2 Å². The molecule has 16 heavy (non-hydrogen) atoms. The van der Waals surface area contributed by atoms with Gasteiger partial charge in [-0.05, 0) is 24.3 Å².